The number of carbonyl (C=O) groups excluding carboxylic acids is 1. The van der Waals surface area contributed by atoms with E-state index in [1.54, 1.807) is 0 Å². The van der Waals surface area contributed by atoms with Crippen molar-refractivity contribution in [3.05, 3.63) is 0 Å². The zero-order chi connectivity index (χ0) is 10.7. The van der Waals surface area contributed by atoms with Crippen LogP contribution in [0.3, 0.4) is 0 Å². The van der Waals surface area contributed by atoms with E-state index in [1.807, 2.05) is 0 Å². The Morgan fingerprint density at radius 1 is 1.20 bits per heavy atom. The van der Waals surface area contributed by atoms with Crippen LogP contribution in [-0.4, -0.2) is 35.7 Å². The fraction of sp³-hybridized carbons (Fsp3) is 0.909. The van der Waals surface area contributed by atoms with Crippen LogP contribution < -0.4 is 10.6 Å². The van der Waals surface area contributed by atoms with Gasteiger partial charge in [-0.15, -0.1) is 0 Å². The van der Waals surface area contributed by atoms with Gasteiger partial charge in [-0.1, -0.05) is 12.8 Å². The molecular formula is C11H20N2O2. The first kappa shape index (κ1) is 10.9. The Bertz CT molecular complexity index is 227. The number of nitrogens with one attached hydrogen (secondary N) is 2. The van der Waals surface area contributed by atoms with Gasteiger partial charge in [-0.25, -0.2) is 0 Å². The van der Waals surface area contributed by atoms with Crippen LogP contribution in [0.25, 0.3) is 0 Å². The third kappa shape index (κ3) is 2.69. The van der Waals surface area contributed by atoms with E-state index in [0.29, 0.717) is 0 Å². The van der Waals surface area contributed by atoms with Gasteiger partial charge in [0.25, 0.3) is 0 Å². The molecule has 1 aliphatic carbocycles. The van der Waals surface area contributed by atoms with Crippen LogP contribution >= 0.6 is 0 Å². The molecule has 2 aliphatic rings. The molecule has 86 valence electrons. The second kappa shape index (κ2) is 4.94. The summed E-state index contributed by atoms with van der Waals surface area (Å²) in [5.41, 5.74) is 0. The molecule has 1 saturated heterocycles. The summed E-state index contributed by atoms with van der Waals surface area (Å²) in [6.07, 6.45) is 5.59. The Hall–Kier alpha value is -0.610. The predicted molar refractivity (Wildman–Crippen MR) is 57.4 cm³/mol. The number of rotatable bonds is 2. The van der Waals surface area contributed by atoms with E-state index in [2.05, 4.69) is 10.6 Å². The summed E-state index contributed by atoms with van der Waals surface area (Å²) < 4.78 is 0. The van der Waals surface area contributed by atoms with E-state index in [9.17, 15) is 9.90 Å². The Morgan fingerprint density at radius 3 is 2.67 bits per heavy atom. The minimum absolute atomic E-state index is 0.0198. The molecule has 2 fully saturated rings. The fourth-order valence-corrected chi connectivity index (χ4v) is 2.47. The zero-order valence-corrected chi connectivity index (χ0v) is 9.04. The van der Waals surface area contributed by atoms with Gasteiger partial charge >= 0.3 is 0 Å². The topological polar surface area (TPSA) is 61.4 Å². The smallest absolute Gasteiger partial charge is 0.237 e. The summed E-state index contributed by atoms with van der Waals surface area (Å²) in [6, 6.07) is -0.0484. The minimum Gasteiger partial charge on any atom is -0.391 e. The maximum atomic E-state index is 11.8. The third-order valence-electron chi connectivity index (χ3n) is 3.43. The summed E-state index contributed by atoms with van der Waals surface area (Å²) in [5.74, 6) is 0.0680. The SMILES string of the molecule is O=C(N[C@@H]1CCCC[C@H]1O)[C@@H]1CCCN1. The first-order chi connectivity index (χ1) is 7.27. The fourth-order valence-electron chi connectivity index (χ4n) is 2.47. The van der Waals surface area contributed by atoms with Crippen molar-refractivity contribution in [1.82, 2.24) is 10.6 Å². The third-order valence-corrected chi connectivity index (χ3v) is 3.43. The number of aliphatic hydroxyl groups is 1. The molecule has 0 spiro atoms. The average Bonchev–Trinajstić information content (AvgIpc) is 2.74. The first-order valence-corrected chi connectivity index (χ1v) is 5.99. The van der Waals surface area contributed by atoms with E-state index in [1.165, 1.54) is 0 Å². The highest BCUT2D eigenvalue weighted by Gasteiger charge is 2.28. The Balaban J connectivity index is 1.81. The molecule has 1 heterocycles. The van der Waals surface area contributed by atoms with Crippen LogP contribution in [0, 0.1) is 0 Å². The molecule has 2 rings (SSSR count). The number of aliphatic hydroxyl groups excluding tert-OH is 1. The Morgan fingerprint density at radius 2 is 2.00 bits per heavy atom. The zero-order valence-electron chi connectivity index (χ0n) is 9.04. The van der Waals surface area contributed by atoms with Gasteiger partial charge in [-0.2, -0.15) is 0 Å². The molecule has 4 nitrogen and oxygen atoms in total. The molecule has 0 unspecified atom stereocenters. The lowest BCUT2D eigenvalue weighted by Crippen LogP contribution is -2.50. The second-order valence-corrected chi connectivity index (χ2v) is 4.62. The van der Waals surface area contributed by atoms with Crippen LogP contribution in [0.4, 0.5) is 0 Å². The monoisotopic (exact) mass is 212 g/mol. The molecule has 15 heavy (non-hydrogen) atoms. The van der Waals surface area contributed by atoms with Gasteiger partial charge in [0, 0.05) is 0 Å². The van der Waals surface area contributed by atoms with Gasteiger partial charge in [0.05, 0.1) is 18.2 Å². The van der Waals surface area contributed by atoms with Crippen molar-refractivity contribution in [3.63, 3.8) is 0 Å². The average molecular weight is 212 g/mol. The molecule has 4 heteroatoms. The lowest BCUT2D eigenvalue weighted by molar-refractivity contribution is -0.124. The molecule has 0 aromatic carbocycles. The molecule has 0 bridgehead atoms. The molecular weight excluding hydrogens is 192 g/mol. The quantitative estimate of drug-likeness (QED) is 0.611. The van der Waals surface area contributed by atoms with E-state index in [4.69, 9.17) is 0 Å². The standard InChI is InChI=1S/C11H20N2O2/c14-10-6-2-1-4-8(10)13-11(15)9-5-3-7-12-9/h8-10,12,14H,1-7H2,(H,13,15)/t8-,9+,10-/m1/s1. The van der Waals surface area contributed by atoms with Crippen LogP contribution in [0.1, 0.15) is 38.5 Å². The van der Waals surface area contributed by atoms with E-state index >= 15 is 0 Å². The maximum Gasteiger partial charge on any atom is 0.237 e. The number of carbonyl (C=O) groups is 1. The summed E-state index contributed by atoms with van der Waals surface area (Å²) in [7, 11) is 0. The van der Waals surface area contributed by atoms with Crippen molar-refractivity contribution in [2.45, 2.75) is 56.7 Å². The van der Waals surface area contributed by atoms with Gasteiger partial charge in [0.1, 0.15) is 0 Å². The van der Waals surface area contributed by atoms with E-state index in [-0.39, 0.29) is 24.1 Å². The van der Waals surface area contributed by atoms with Gasteiger partial charge in [-0.05, 0) is 32.2 Å². The number of hydrogen-bond acceptors (Lipinski definition) is 3. The normalized spacial score (nSPS) is 36.5. The Labute approximate surface area is 90.4 Å². The molecule has 0 aromatic rings. The lowest BCUT2D eigenvalue weighted by atomic mass is 9.92. The highest BCUT2D eigenvalue weighted by molar-refractivity contribution is 5.82. The molecule has 0 radical (unpaired) electrons. The summed E-state index contributed by atoms with van der Waals surface area (Å²) >= 11 is 0. The maximum absolute atomic E-state index is 11.8. The van der Waals surface area contributed by atoms with Crippen molar-refractivity contribution in [2.24, 2.45) is 0 Å². The molecule has 1 saturated carbocycles. The Kier molecular flexibility index (Phi) is 3.59. The van der Waals surface area contributed by atoms with Gasteiger partial charge in [0.15, 0.2) is 0 Å². The van der Waals surface area contributed by atoms with Crippen LogP contribution in [0.2, 0.25) is 0 Å². The van der Waals surface area contributed by atoms with Crippen LogP contribution in [0.15, 0.2) is 0 Å². The first-order valence-electron chi connectivity index (χ1n) is 5.99. The molecule has 3 N–H and O–H groups in total. The lowest BCUT2D eigenvalue weighted by Gasteiger charge is -2.29. The summed E-state index contributed by atoms with van der Waals surface area (Å²) in [5, 5.41) is 15.9. The van der Waals surface area contributed by atoms with Gasteiger partial charge in [-0.3, -0.25) is 4.79 Å². The van der Waals surface area contributed by atoms with Gasteiger partial charge in [0.2, 0.25) is 5.91 Å². The second-order valence-electron chi connectivity index (χ2n) is 4.62. The highest BCUT2D eigenvalue weighted by Crippen LogP contribution is 2.18. The van der Waals surface area contributed by atoms with E-state index < -0.39 is 0 Å². The number of hydrogen-bond donors (Lipinski definition) is 3. The van der Waals surface area contributed by atoms with Crippen molar-refractivity contribution in [1.29, 1.82) is 0 Å². The summed E-state index contributed by atoms with van der Waals surface area (Å²) in [4.78, 5) is 11.8. The van der Waals surface area contributed by atoms with Crippen molar-refractivity contribution in [3.8, 4) is 0 Å². The predicted octanol–water partition coefficient (Wildman–Crippen LogP) is 0.158. The minimum atomic E-state index is -0.343. The van der Waals surface area contributed by atoms with Crippen molar-refractivity contribution in [2.75, 3.05) is 6.54 Å². The number of amides is 1. The van der Waals surface area contributed by atoms with E-state index in [0.717, 1.165) is 45.1 Å². The van der Waals surface area contributed by atoms with Crippen LogP contribution in [0.5, 0.6) is 0 Å². The highest BCUT2D eigenvalue weighted by atomic mass is 16.3. The molecule has 1 aliphatic heterocycles. The molecule has 3 atom stereocenters. The van der Waals surface area contributed by atoms with Crippen molar-refractivity contribution >= 4 is 5.91 Å². The molecule has 1 amide bonds. The largest absolute Gasteiger partial charge is 0.391 e. The molecule has 0 aromatic heterocycles. The van der Waals surface area contributed by atoms with Gasteiger partial charge < -0.3 is 15.7 Å². The summed E-state index contributed by atoms with van der Waals surface area (Å²) in [6.45, 7) is 0.936. The van der Waals surface area contributed by atoms with Crippen molar-refractivity contribution < 1.29 is 9.90 Å². The van der Waals surface area contributed by atoms with Crippen LogP contribution in [-0.2, 0) is 4.79 Å².